The van der Waals surface area contributed by atoms with Crippen molar-refractivity contribution in [3.63, 3.8) is 0 Å². The highest BCUT2D eigenvalue weighted by atomic mass is 127. The van der Waals surface area contributed by atoms with Crippen LogP contribution in [0.15, 0.2) is 48.5 Å². The van der Waals surface area contributed by atoms with Gasteiger partial charge in [0.25, 0.3) is 5.91 Å². The van der Waals surface area contributed by atoms with Gasteiger partial charge >= 0.3 is 0 Å². The van der Waals surface area contributed by atoms with E-state index in [9.17, 15) is 4.79 Å². The number of ether oxygens (including phenoxy) is 1. The average Bonchev–Trinajstić information content (AvgIpc) is 2.49. The molecule has 2 rings (SSSR count). The summed E-state index contributed by atoms with van der Waals surface area (Å²) >= 11 is 2.26. The monoisotopic (exact) mass is 395 g/mol. The third-order valence-corrected chi connectivity index (χ3v) is 4.29. The van der Waals surface area contributed by atoms with Crippen molar-refractivity contribution in [1.29, 1.82) is 0 Å². The zero-order valence-electron chi connectivity index (χ0n) is 12.1. The molecule has 0 radical (unpaired) electrons. The molecule has 1 N–H and O–H groups in total. The fraction of sp³-hybridized carbons (Fsp3) is 0.235. The number of rotatable bonds is 5. The molecular weight excluding hydrogens is 377 g/mol. The van der Waals surface area contributed by atoms with E-state index in [1.54, 1.807) is 0 Å². The van der Waals surface area contributed by atoms with Gasteiger partial charge in [0.1, 0.15) is 5.75 Å². The Bertz CT molecular complexity index is 613. The second kappa shape index (κ2) is 7.45. The zero-order valence-corrected chi connectivity index (χ0v) is 14.3. The quantitative estimate of drug-likeness (QED) is 0.763. The van der Waals surface area contributed by atoms with Gasteiger partial charge in [-0.3, -0.25) is 4.79 Å². The van der Waals surface area contributed by atoms with Gasteiger partial charge in [-0.1, -0.05) is 31.2 Å². The molecule has 0 saturated carbocycles. The van der Waals surface area contributed by atoms with E-state index < -0.39 is 6.10 Å². The number of aryl methyl sites for hydroxylation is 1. The zero-order chi connectivity index (χ0) is 15.2. The van der Waals surface area contributed by atoms with Crippen LogP contribution in [0.2, 0.25) is 0 Å². The van der Waals surface area contributed by atoms with Crippen LogP contribution in [0.1, 0.15) is 18.9 Å². The van der Waals surface area contributed by atoms with Crippen molar-refractivity contribution in [2.45, 2.75) is 26.4 Å². The Morgan fingerprint density at radius 2 is 1.95 bits per heavy atom. The predicted molar refractivity (Wildman–Crippen MR) is 93.7 cm³/mol. The van der Waals surface area contributed by atoms with E-state index in [1.165, 1.54) is 5.56 Å². The summed E-state index contributed by atoms with van der Waals surface area (Å²) in [7, 11) is 0. The van der Waals surface area contributed by atoms with Gasteiger partial charge in [-0.2, -0.15) is 0 Å². The van der Waals surface area contributed by atoms with Crippen molar-refractivity contribution >= 4 is 34.2 Å². The number of halogens is 1. The van der Waals surface area contributed by atoms with Gasteiger partial charge in [0.15, 0.2) is 6.10 Å². The molecule has 1 amide bonds. The maximum atomic E-state index is 12.3. The minimum absolute atomic E-state index is 0.124. The first kappa shape index (κ1) is 15.8. The number of carbonyl (C=O) groups is 1. The van der Waals surface area contributed by atoms with Gasteiger partial charge in [-0.15, -0.1) is 0 Å². The predicted octanol–water partition coefficient (Wildman–Crippen LogP) is 4.40. The summed E-state index contributed by atoms with van der Waals surface area (Å²) in [5.74, 6) is 0.582. The van der Waals surface area contributed by atoms with E-state index in [0.717, 1.165) is 9.26 Å². The molecule has 3 nitrogen and oxygen atoms in total. The molecule has 4 heteroatoms. The van der Waals surface area contributed by atoms with Crippen LogP contribution in [-0.2, 0) is 4.79 Å². The Hall–Kier alpha value is -1.56. The van der Waals surface area contributed by atoms with Crippen molar-refractivity contribution < 1.29 is 9.53 Å². The Kier molecular flexibility index (Phi) is 5.61. The van der Waals surface area contributed by atoms with Gasteiger partial charge < -0.3 is 10.1 Å². The standard InChI is InChI=1S/C17H18INO2/c1-3-16(21-14-7-5-4-6-8-14)17(20)19-13-10-9-12(2)15(18)11-13/h4-11,16H,3H2,1-2H3,(H,19,20)/t16-/m1/s1. The van der Waals surface area contributed by atoms with Crippen molar-refractivity contribution in [2.24, 2.45) is 0 Å². The Balaban J connectivity index is 2.04. The summed E-state index contributed by atoms with van der Waals surface area (Å²) in [5, 5.41) is 2.91. The van der Waals surface area contributed by atoms with Crippen molar-refractivity contribution in [2.75, 3.05) is 5.32 Å². The third kappa shape index (κ3) is 4.46. The topological polar surface area (TPSA) is 38.3 Å². The number of benzene rings is 2. The molecule has 0 aliphatic rings. The number of para-hydroxylation sites is 1. The van der Waals surface area contributed by atoms with E-state index in [2.05, 4.69) is 27.9 Å². The van der Waals surface area contributed by atoms with E-state index in [1.807, 2.05) is 62.4 Å². The lowest BCUT2D eigenvalue weighted by molar-refractivity contribution is -0.122. The lowest BCUT2D eigenvalue weighted by atomic mass is 10.2. The number of hydrogen-bond acceptors (Lipinski definition) is 2. The maximum Gasteiger partial charge on any atom is 0.265 e. The van der Waals surface area contributed by atoms with Crippen molar-refractivity contribution in [3.05, 3.63) is 57.7 Å². The minimum atomic E-state index is -0.494. The highest BCUT2D eigenvalue weighted by molar-refractivity contribution is 14.1. The molecule has 0 saturated heterocycles. The van der Waals surface area contributed by atoms with Crippen LogP contribution in [0, 0.1) is 10.5 Å². The number of amides is 1. The SMILES string of the molecule is CC[C@@H](Oc1ccccc1)C(=O)Nc1ccc(C)c(I)c1. The lowest BCUT2D eigenvalue weighted by Crippen LogP contribution is -2.32. The average molecular weight is 395 g/mol. The minimum Gasteiger partial charge on any atom is -0.481 e. The van der Waals surface area contributed by atoms with E-state index in [4.69, 9.17) is 4.74 Å². The summed E-state index contributed by atoms with van der Waals surface area (Å²) in [6, 6.07) is 15.3. The largest absolute Gasteiger partial charge is 0.481 e. The summed E-state index contributed by atoms with van der Waals surface area (Å²) in [6.07, 6.45) is 0.121. The lowest BCUT2D eigenvalue weighted by Gasteiger charge is -2.17. The number of anilines is 1. The second-order valence-electron chi connectivity index (χ2n) is 4.78. The van der Waals surface area contributed by atoms with E-state index >= 15 is 0 Å². The Morgan fingerprint density at radius 3 is 2.57 bits per heavy atom. The van der Waals surface area contributed by atoms with E-state index in [-0.39, 0.29) is 5.91 Å². The van der Waals surface area contributed by atoms with Crippen LogP contribution < -0.4 is 10.1 Å². The fourth-order valence-corrected chi connectivity index (χ4v) is 2.39. The van der Waals surface area contributed by atoms with Gasteiger partial charge in [0.05, 0.1) is 0 Å². The molecule has 0 spiro atoms. The Morgan fingerprint density at radius 1 is 1.24 bits per heavy atom. The summed E-state index contributed by atoms with van der Waals surface area (Å²) in [4.78, 5) is 12.3. The maximum absolute atomic E-state index is 12.3. The third-order valence-electron chi connectivity index (χ3n) is 3.12. The number of hydrogen-bond donors (Lipinski definition) is 1. The molecule has 2 aromatic carbocycles. The van der Waals surface area contributed by atoms with Gasteiger partial charge in [-0.05, 0) is 65.8 Å². The van der Waals surface area contributed by atoms with Crippen molar-refractivity contribution in [3.8, 4) is 5.75 Å². The highest BCUT2D eigenvalue weighted by Gasteiger charge is 2.18. The first-order chi connectivity index (χ1) is 10.1. The molecule has 110 valence electrons. The molecule has 1 atom stereocenters. The second-order valence-corrected chi connectivity index (χ2v) is 5.94. The van der Waals surface area contributed by atoms with E-state index in [0.29, 0.717) is 12.2 Å². The van der Waals surface area contributed by atoms with Crippen LogP contribution in [0.5, 0.6) is 5.75 Å². The van der Waals surface area contributed by atoms with Gasteiger partial charge in [0.2, 0.25) is 0 Å². The smallest absolute Gasteiger partial charge is 0.265 e. The van der Waals surface area contributed by atoms with Crippen LogP contribution in [-0.4, -0.2) is 12.0 Å². The molecule has 0 fully saturated rings. The molecular formula is C17H18INO2. The highest BCUT2D eigenvalue weighted by Crippen LogP contribution is 2.18. The Labute approximate surface area is 138 Å². The van der Waals surface area contributed by atoms with Crippen LogP contribution in [0.4, 0.5) is 5.69 Å². The van der Waals surface area contributed by atoms with Crippen molar-refractivity contribution in [1.82, 2.24) is 0 Å². The number of nitrogens with one attached hydrogen (secondary N) is 1. The molecule has 2 aromatic rings. The summed E-state index contributed by atoms with van der Waals surface area (Å²) in [6.45, 7) is 3.98. The fourth-order valence-electron chi connectivity index (χ4n) is 1.88. The van der Waals surface area contributed by atoms with Gasteiger partial charge in [-0.25, -0.2) is 0 Å². The molecule has 0 aromatic heterocycles. The normalized spacial score (nSPS) is 11.8. The summed E-state index contributed by atoms with van der Waals surface area (Å²) < 4.78 is 6.86. The van der Waals surface area contributed by atoms with Crippen LogP contribution in [0.3, 0.4) is 0 Å². The molecule has 21 heavy (non-hydrogen) atoms. The molecule has 0 unspecified atom stereocenters. The van der Waals surface area contributed by atoms with Crippen LogP contribution >= 0.6 is 22.6 Å². The molecule has 0 bridgehead atoms. The number of carbonyl (C=O) groups excluding carboxylic acids is 1. The molecule has 0 heterocycles. The molecule has 0 aliphatic heterocycles. The molecule has 0 aliphatic carbocycles. The first-order valence-electron chi connectivity index (χ1n) is 6.89. The van der Waals surface area contributed by atoms with Crippen LogP contribution in [0.25, 0.3) is 0 Å². The summed E-state index contributed by atoms with van der Waals surface area (Å²) in [5.41, 5.74) is 1.99. The van der Waals surface area contributed by atoms with Gasteiger partial charge in [0, 0.05) is 9.26 Å². The first-order valence-corrected chi connectivity index (χ1v) is 7.96.